The normalized spacial score (nSPS) is 15.2. The minimum absolute atomic E-state index is 0.0998. The Hall–Kier alpha value is -4.66. The van der Waals surface area contributed by atoms with E-state index in [0.29, 0.717) is 17.9 Å². The Morgan fingerprint density at radius 3 is 2.60 bits per heavy atom. The van der Waals surface area contributed by atoms with Crippen molar-refractivity contribution in [1.29, 1.82) is 0 Å². The molecule has 2 aromatic carbocycles. The molecular formula is C26H20FN3O5. The van der Waals surface area contributed by atoms with Crippen molar-refractivity contribution in [3.8, 4) is 5.75 Å². The number of halogens is 1. The second-order valence-corrected chi connectivity index (χ2v) is 7.86. The first kappa shape index (κ1) is 22.1. The van der Waals surface area contributed by atoms with Gasteiger partial charge in [-0.3, -0.25) is 19.8 Å². The Morgan fingerprint density at radius 2 is 1.80 bits per heavy atom. The van der Waals surface area contributed by atoms with Gasteiger partial charge in [0.15, 0.2) is 11.6 Å². The summed E-state index contributed by atoms with van der Waals surface area (Å²) in [5.74, 6) is -1.35. The van der Waals surface area contributed by atoms with E-state index in [9.17, 15) is 18.8 Å². The lowest BCUT2D eigenvalue weighted by Crippen LogP contribution is -2.53. The molecule has 1 saturated heterocycles. The molecule has 1 N–H and O–H groups in total. The molecule has 3 heterocycles. The summed E-state index contributed by atoms with van der Waals surface area (Å²) in [6, 6.07) is 16.1. The molecule has 0 atom stereocenters. The molecular weight excluding hydrogens is 453 g/mol. The number of imide groups is 2. The number of furan rings is 1. The van der Waals surface area contributed by atoms with Crippen molar-refractivity contribution in [3.05, 3.63) is 95.8 Å². The lowest BCUT2D eigenvalue weighted by atomic mass is 10.1. The van der Waals surface area contributed by atoms with Crippen LogP contribution < -0.4 is 10.1 Å². The van der Waals surface area contributed by atoms with Crippen LogP contribution in [0.4, 0.5) is 9.18 Å². The van der Waals surface area contributed by atoms with Gasteiger partial charge in [-0.25, -0.2) is 9.18 Å². The Kier molecular flexibility index (Phi) is 5.88. The first-order valence-corrected chi connectivity index (χ1v) is 10.9. The van der Waals surface area contributed by atoms with E-state index in [4.69, 9.17) is 9.15 Å². The second kappa shape index (κ2) is 9.30. The van der Waals surface area contributed by atoms with E-state index in [1.165, 1.54) is 18.4 Å². The Bertz CT molecular complexity index is 1450. The number of benzene rings is 2. The fourth-order valence-electron chi connectivity index (χ4n) is 3.94. The van der Waals surface area contributed by atoms with Gasteiger partial charge in [0.25, 0.3) is 11.8 Å². The van der Waals surface area contributed by atoms with Crippen LogP contribution in [0, 0.1) is 5.82 Å². The number of nitrogens with zero attached hydrogens (tertiary/aromatic N) is 2. The van der Waals surface area contributed by atoms with Crippen molar-refractivity contribution < 1.29 is 27.9 Å². The van der Waals surface area contributed by atoms with Crippen molar-refractivity contribution in [2.75, 3.05) is 6.61 Å². The van der Waals surface area contributed by atoms with Crippen molar-refractivity contribution in [2.24, 2.45) is 0 Å². The summed E-state index contributed by atoms with van der Waals surface area (Å²) in [6.07, 6.45) is 4.69. The molecule has 0 saturated carbocycles. The molecule has 0 aliphatic carbocycles. The van der Waals surface area contributed by atoms with Crippen LogP contribution >= 0.6 is 0 Å². The van der Waals surface area contributed by atoms with Crippen molar-refractivity contribution in [2.45, 2.75) is 13.1 Å². The second-order valence-electron chi connectivity index (χ2n) is 7.86. The number of hydrogen-bond acceptors (Lipinski definition) is 5. The molecule has 1 aliphatic heterocycles. The number of carbonyl (C=O) groups is 3. The molecule has 4 aromatic rings. The highest BCUT2D eigenvalue weighted by Crippen LogP contribution is 2.26. The minimum atomic E-state index is -0.804. The third-order valence-electron chi connectivity index (χ3n) is 5.63. The molecule has 1 aliphatic rings. The SMILES string of the molecule is O=C1NC(=O)N(Cc2ccco2)C(=O)/C1=C\c1cn(CCOc2ccccc2F)c2ccccc12. The maximum atomic E-state index is 13.8. The molecule has 0 bridgehead atoms. The van der Waals surface area contributed by atoms with Crippen LogP contribution in [-0.2, 0) is 22.7 Å². The van der Waals surface area contributed by atoms with Gasteiger partial charge in [0.1, 0.15) is 17.9 Å². The lowest BCUT2D eigenvalue weighted by molar-refractivity contribution is -0.130. The molecule has 9 heteroatoms. The van der Waals surface area contributed by atoms with Crippen molar-refractivity contribution in [3.63, 3.8) is 0 Å². The number of ether oxygens (including phenoxy) is 1. The number of para-hydroxylation sites is 2. The van der Waals surface area contributed by atoms with Crippen LogP contribution in [0.2, 0.25) is 0 Å². The standard InChI is InChI=1S/C26H20FN3O5/c27-21-8-2-4-10-23(21)35-13-11-29-15-17(19-7-1-3-9-22(19)29)14-20-24(31)28-26(33)30(25(20)32)16-18-6-5-12-34-18/h1-10,12,14-15H,11,13,16H2,(H,28,31,33)/b20-14-. The van der Waals surface area contributed by atoms with Gasteiger partial charge in [-0.2, -0.15) is 0 Å². The van der Waals surface area contributed by atoms with Crippen molar-refractivity contribution >= 4 is 34.8 Å². The van der Waals surface area contributed by atoms with Gasteiger partial charge in [-0.1, -0.05) is 30.3 Å². The summed E-state index contributed by atoms with van der Waals surface area (Å²) in [4.78, 5) is 38.8. The largest absolute Gasteiger partial charge is 0.489 e. The van der Waals surface area contributed by atoms with Crippen LogP contribution in [0.15, 0.2) is 83.1 Å². The highest BCUT2D eigenvalue weighted by Gasteiger charge is 2.36. The van der Waals surface area contributed by atoms with Crippen LogP contribution in [0.5, 0.6) is 5.75 Å². The number of urea groups is 1. The molecule has 8 nitrogen and oxygen atoms in total. The third kappa shape index (κ3) is 4.43. The molecule has 176 valence electrons. The van der Waals surface area contributed by atoms with E-state index in [0.717, 1.165) is 15.8 Å². The van der Waals surface area contributed by atoms with Gasteiger partial charge in [0.05, 0.1) is 19.4 Å². The lowest BCUT2D eigenvalue weighted by Gasteiger charge is -2.25. The molecule has 0 radical (unpaired) electrons. The predicted octanol–water partition coefficient (Wildman–Crippen LogP) is 4.11. The van der Waals surface area contributed by atoms with E-state index in [-0.39, 0.29) is 24.5 Å². The summed E-state index contributed by atoms with van der Waals surface area (Å²) in [7, 11) is 0. The summed E-state index contributed by atoms with van der Waals surface area (Å²) < 4.78 is 26.6. The Labute approximate surface area is 199 Å². The number of aromatic nitrogens is 1. The van der Waals surface area contributed by atoms with Gasteiger partial charge in [0.2, 0.25) is 0 Å². The molecule has 4 amide bonds. The number of amides is 4. The third-order valence-corrected chi connectivity index (χ3v) is 5.63. The topological polar surface area (TPSA) is 93.8 Å². The zero-order chi connectivity index (χ0) is 24.4. The van der Waals surface area contributed by atoms with E-state index in [1.807, 2.05) is 28.8 Å². The van der Waals surface area contributed by atoms with Gasteiger partial charge in [-0.15, -0.1) is 0 Å². The Balaban J connectivity index is 1.42. The smallest absolute Gasteiger partial charge is 0.331 e. The molecule has 35 heavy (non-hydrogen) atoms. The van der Waals surface area contributed by atoms with Gasteiger partial charge in [-0.05, 0) is 36.4 Å². The first-order valence-electron chi connectivity index (χ1n) is 10.9. The molecule has 0 spiro atoms. The number of rotatable bonds is 7. The maximum absolute atomic E-state index is 13.8. The van der Waals surface area contributed by atoms with E-state index in [2.05, 4.69) is 5.32 Å². The molecule has 1 fully saturated rings. The van der Waals surface area contributed by atoms with Gasteiger partial charge < -0.3 is 13.7 Å². The molecule has 0 unspecified atom stereocenters. The monoisotopic (exact) mass is 473 g/mol. The average Bonchev–Trinajstić information content (AvgIpc) is 3.49. The zero-order valence-electron chi connectivity index (χ0n) is 18.4. The van der Waals surface area contributed by atoms with E-state index >= 15 is 0 Å². The van der Waals surface area contributed by atoms with Crippen LogP contribution in [0.1, 0.15) is 11.3 Å². The van der Waals surface area contributed by atoms with Crippen molar-refractivity contribution in [1.82, 2.24) is 14.8 Å². The van der Waals surface area contributed by atoms with E-state index < -0.39 is 23.7 Å². The Morgan fingerprint density at radius 1 is 1.00 bits per heavy atom. The summed E-state index contributed by atoms with van der Waals surface area (Å²) in [5.41, 5.74) is 1.31. The fourth-order valence-corrected chi connectivity index (χ4v) is 3.94. The van der Waals surface area contributed by atoms with Gasteiger partial charge in [0, 0.05) is 22.7 Å². The summed E-state index contributed by atoms with van der Waals surface area (Å²) >= 11 is 0. The summed E-state index contributed by atoms with van der Waals surface area (Å²) in [6.45, 7) is 0.513. The quantitative estimate of drug-likeness (QED) is 0.322. The predicted molar refractivity (Wildman–Crippen MR) is 125 cm³/mol. The van der Waals surface area contributed by atoms with Gasteiger partial charge >= 0.3 is 6.03 Å². The average molecular weight is 473 g/mol. The first-order chi connectivity index (χ1) is 17.0. The number of nitrogens with one attached hydrogen (secondary N) is 1. The van der Waals surface area contributed by atoms with Crippen LogP contribution in [0.25, 0.3) is 17.0 Å². The number of fused-ring (bicyclic) bond motifs is 1. The van der Waals surface area contributed by atoms with Crippen LogP contribution in [-0.4, -0.2) is 33.9 Å². The highest BCUT2D eigenvalue weighted by molar-refractivity contribution is 6.31. The number of carbonyl (C=O) groups excluding carboxylic acids is 3. The number of barbiturate groups is 1. The summed E-state index contributed by atoms with van der Waals surface area (Å²) in [5, 5.41) is 3.02. The van der Waals surface area contributed by atoms with E-state index in [1.54, 1.807) is 36.5 Å². The maximum Gasteiger partial charge on any atom is 0.331 e. The molecule has 5 rings (SSSR count). The number of hydrogen-bond donors (Lipinski definition) is 1. The fraction of sp³-hybridized carbons (Fsp3) is 0.115. The zero-order valence-corrected chi connectivity index (χ0v) is 18.4. The highest BCUT2D eigenvalue weighted by atomic mass is 19.1. The molecule has 2 aromatic heterocycles. The minimum Gasteiger partial charge on any atom is -0.489 e. The van der Waals surface area contributed by atoms with Crippen LogP contribution in [0.3, 0.4) is 0 Å².